The molecule has 0 aliphatic carbocycles. The lowest BCUT2D eigenvalue weighted by Gasteiger charge is -2.30. The first kappa shape index (κ1) is 12.5. The van der Waals surface area contributed by atoms with E-state index >= 15 is 0 Å². The standard InChI is InChI=1S/C15H12ClFO2/c16-10-5-3-6-11(17)15(10)14-8-12(18)9-4-1-2-7-13(9)19-14/h1-7,12,14,18H,8H2. The molecule has 0 radical (unpaired) electrons. The number of hydrogen-bond acceptors (Lipinski definition) is 2. The van der Waals surface area contributed by atoms with Gasteiger partial charge < -0.3 is 9.84 Å². The van der Waals surface area contributed by atoms with Crippen LogP contribution in [0.25, 0.3) is 0 Å². The van der Waals surface area contributed by atoms with E-state index in [9.17, 15) is 9.50 Å². The number of rotatable bonds is 1. The molecule has 2 nitrogen and oxygen atoms in total. The Morgan fingerprint density at radius 3 is 2.74 bits per heavy atom. The highest BCUT2D eigenvalue weighted by atomic mass is 35.5. The molecule has 0 saturated carbocycles. The third-order valence-corrected chi connectivity index (χ3v) is 3.64. The van der Waals surface area contributed by atoms with Crippen molar-refractivity contribution >= 4 is 11.6 Å². The van der Waals surface area contributed by atoms with Crippen molar-refractivity contribution in [3.63, 3.8) is 0 Å². The Morgan fingerprint density at radius 1 is 1.16 bits per heavy atom. The Bertz CT molecular complexity index is 595. The fourth-order valence-corrected chi connectivity index (χ4v) is 2.67. The Kier molecular flexibility index (Phi) is 3.17. The third kappa shape index (κ3) is 2.20. The average molecular weight is 279 g/mol. The molecule has 0 aromatic heterocycles. The monoisotopic (exact) mass is 278 g/mol. The van der Waals surface area contributed by atoms with Crippen molar-refractivity contribution in [2.24, 2.45) is 0 Å². The van der Waals surface area contributed by atoms with Gasteiger partial charge in [0.05, 0.1) is 11.1 Å². The molecule has 0 saturated heterocycles. The Balaban J connectivity index is 2.02. The molecule has 1 N–H and O–H groups in total. The number of aliphatic hydroxyl groups is 1. The molecule has 0 amide bonds. The summed E-state index contributed by atoms with van der Waals surface area (Å²) in [6.45, 7) is 0. The van der Waals surface area contributed by atoms with Gasteiger partial charge in [-0.3, -0.25) is 0 Å². The molecule has 1 aliphatic rings. The van der Waals surface area contributed by atoms with Crippen LogP contribution in [0.15, 0.2) is 42.5 Å². The van der Waals surface area contributed by atoms with Crippen LogP contribution in [0.1, 0.15) is 29.8 Å². The molecule has 0 bridgehead atoms. The highest BCUT2D eigenvalue weighted by Gasteiger charge is 2.30. The second-order valence-corrected chi connectivity index (χ2v) is 4.94. The highest BCUT2D eigenvalue weighted by molar-refractivity contribution is 6.31. The second kappa shape index (κ2) is 4.83. The summed E-state index contributed by atoms with van der Waals surface area (Å²) < 4.78 is 19.7. The van der Waals surface area contributed by atoms with Crippen LogP contribution in [0.3, 0.4) is 0 Å². The number of hydrogen-bond donors (Lipinski definition) is 1. The van der Waals surface area contributed by atoms with Gasteiger partial charge in [-0.25, -0.2) is 4.39 Å². The smallest absolute Gasteiger partial charge is 0.131 e. The van der Waals surface area contributed by atoms with Gasteiger partial charge in [0, 0.05) is 17.5 Å². The van der Waals surface area contributed by atoms with Crippen LogP contribution in [-0.4, -0.2) is 5.11 Å². The number of halogens is 2. The molecule has 3 rings (SSSR count). The molecule has 1 aliphatic heterocycles. The maximum Gasteiger partial charge on any atom is 0.131 e. The molecule has 4 heteroatoms. The second-order valence-electron chi connectivity index (χ2n) is 4.53. The molecule has 1 heterocycles. The topological polar surface area (TPSA) is 29.5 Å². The summed E-state index contributed by atoms with van der Waals surface area (Å²) in [5.41, 5.74) is 1.03. The lowest BCUT2D eigenvalue weighted by Crippen LogP contribution is -2.20. The van der Waals surface area contributed by atoms with Gasteiger partial charge in [-0.05, 0) is 18.2 Å². The van der Waals surface area contributed by atoms with Crippen molar-refractivity contribution in [2.75, 3.05) is 0 Å². The predicted octanol–water partition coefficient (Wildman–Crippen LogP) is 4.04. The predicted molar refractivity (Wildman–Crippen MR) is 70.8 cm³/mol. The Labute approximate surface area is 115 Å². The lowest BCUT2D eigenvalue weighted by atomic mass is 9.95. The van der Waals surface area contributed by atoms with Crippen molar-refractivity contribution in [3.05, 3.63) is 64.4 Å². The van der Waals surface area contributed by atoms with Crippen LogP contribution in [0, 0.1) is 5.82 Å². The Morgan fingerprint density at radius 2 is 1.95 bits per heavy atom. The van der Waals surface area contributed by atoms with Gasteiger partial charge in [0.2, 0.25) is 0 Å². The normalized spacial score (nSPS) is 21.6. The van der Waals surface area contributed by atoms with E-state index in [1.165, 1.54) is 6.07 Å². The number of para-hydroxylation sites is 1. The zero-order valence-electron chi connectivity index (χ0n) is 10.0. The van der Waals surface area contributed by atoms with E-state index in [2.05, 4.69) is 0 Å². The molecular weight excluding hydrogens is 267 g/mol. The number of aliphatic hydroxyl groups excluding tert-OH is 1. The van der Waals surface area contributed by atoms with E-state index in [0.717, 1.165) is 5.56 Å². The van der Waals surface area contributed by atoms with Gasteiger partial charge in [0.25, 0.3) is 0 Å². The number of ether oxygens (including phenoxy) is 1. The maximum absolute atomic E-state index is 13.9. The van der Waals surface area contributed by atoms with Crippen molar-refractivity contribution in [1.29, 1.82) is 0 Å². The van der Waals surface area contributed by atoms with Gasteiger partial charge >= 0.3 is 0 Å². The number of benzene rings is 2. The van der Waals surface area contributed by atoms with E-state index in [1.54, 1.807) is 24.3 Å². The van der Waals surface area contributed by atoms with Crippen molar-refractivity contribution in [1.82, 2.24) is 0 Å². The molecule has 0 spiro atoms. The zero-order chi connectivity index (χ0) is 13.4. The molecule has 2 aromatic carbocycles. The highest BCUT2D eigenvalue weighted by Crippen LogP contribution is 2.42. The van der Waals surface area contributed by atoms with Gasteiger partial charge in [0.15, 0.2) is 0 Å². The van der Waals surface area contributed by atoms with Gasteiger partial charge in [0.1, 0.15) is 17.7 Å². The van der Waals surface area contributed by atoms with Gasteiger partial charge in [-0.15, -0.1) is 0 Å². The molecule has 2 unspecified atom stereocenters. The van der Waals surface area contributed by atoms with Crippen LogP contribution in [0.2, 0.25) is 5.02 Å². The van der Waals surface area contributed by atoms with Crippen LogP contribution >= 0.6 is 11.6 Å². The largest absolute Gasteiger partial charge is 0.485 e. The molecule has 2 atom stereocenters. The van der Waals surface area contributed by atoms with E-state index in [4.69, 9.17) is 16.3 Å². The Hall–Kier alpha value is -1.58. The maximum atomic E-state index is 13.9. The van der Waals surface area contributed by atoms with Crippen LogP contribution in [-0.2, 0) is 0 Å². The van der Waals surface area contributed by atoms with Gasteiger partial charge in [-0.1, -0.05) is 35.9 Å². The molecule has 19 heavy (non-hydrogen) atoms. The first-order valence-corrected chi connectivity index (χ1v) is 6.42. The van der Waals surface area contributed by atoms with Crippen molar-refractivity contribution in [3.8, 4) is 5.75 Å². The van der Waals surface area contributed by atoms with E-state index < -0.39 is 18.0 Å². The van der Waals surface area contributed by atoms with Crippen LogP contribution in [0.4, 0.5) is 4.39 Å². The summed E-state index contributed by atoms with van der Waals surface area (Å²) in [7, 11) is 0. The lowest BCUT2D eigenvalue weighted by molar-refractivity contribution is 0.0641. The minimum Gasteiger partial charge on any atom is -0.485 e. The first-order valence-electron chi connectivity index (χ1n) is 6.04. The minimum atomic E-state index is -0.675. The molecule has 0 fully saturated rings. The minimum absolute atomic E-state index is 0.289. The summed E-state index contributed by atoms with van der Waals surface area (Å²) in [4.78, 5) is 0. The zero-order valence-corrected chi connectivity index (χ0v) is 10.8. The summed E-state index contributed by atoms with van der Waals surface area (Å²) >= 11 is 6.04. The SMILES string of the molecule is OC1CC(c2c(F)cccc2Cl)Oc2ccccc21. The van der Waals surface area contributed by atoms with E-state index in [-0.39, 0.29) is 6.42 Å². The average Bonchev–Trinajstić information content (AvgIpc) is 2.38. The summed E-state index contributed by atoms with van der Waals surface area (Å²) in [6, 6.07) is 11.7. The van der Waals surface area contributed by atoms with Gasteiger partial charge in [-0.2, -0.15) is 0 Å². The van der Waals surface area contributed by atoms with Crippen molar-refractivity contribution in [2.45, 2.75) is 18.6 Å². The fourth-order valence-electron chi connectivity index (χ4n) is 2.39. The van der Waals surface area contributed by atoms with Crippen molar-refractivity contribution < 1.29 is 14.2 Å². The molecule has 98 valence electrons. The fraction of sp³-hybridized carbons (Fsp3) is 0.200. The summed E-state index contributed by atoms with van der Waals surface area (Å²) in [5.74, 6) is 0.162. The number of fused-ring (bicyclic) bond motifs is 1. The van der Waals surface area contributed by atoms with Crippen LogP contribution in [0.5, 0.6) is 5.75 Å². The summed E-state index contributed by atoms with van der Waals surface area (Å²) in [5, 5.41) is 10.4. The first-order chi connectivity index (χ1) is 9.16. The summed E-state index contributed by atoms with van der Waals surface area (Å²) in [6.07, 6.45) is -0.957. The van der Waals surface area contributed by atoms with Crippen LogP contribution < -0.4 is 4.74 Å². The van der Waals surface area contributed by atoms with E-state index in [1.807, 2.05) is 12.1 Å². The molecule has 2 aromatic rings. The molecular formula is C15H12ClFO2. The third-order valence-electron chi connectivity index (χ3n) is 3.31. The quantitative estimate of drug-likeness (QED) is 0.853. The van der Waals surface area contributed by atoms with E-state index in [0.29, 0.717) is 16.3 Å².